The molecule has 2 N–H and O–H groups in total. The Balaban J connectivity index is 1.98. The Labute approximate surface area is 101 Å². The van der Waals surface area contributed by atoms with Crippen molar-refractivity contribution in [1.29, 1.82) is 0 Å². The molecular formula is C12H20F2N2O. The third kappa shape index (κ3) is 3.03. The third-order valence-electron chi connectivity index (χ3n) is 3.47. The first-order valence-corrected chi connectivity index (χ1v) is 6.06. The Kier molecular flexibility index (Phi) is 3.52. The van der Waals surface area contributed by atoms with E-state index in [0.717, 1.165) is 5.57 Å². The van der Waals surface area contributed by atoms with Crippen LogP contribution in [0, 0.1) is 11.8 Å². The largest absolute Gasteiger partial charge is 0.375 e. The Hall–Kier alpha value is -0.520. The summed E-state index contributed by atoms with van der Waals surface area (Å²) in [5.41, 5.74) is 0.873. The number of hydrazine groups is 1. The lowest BCUT2D eigenvalue weighted by Crippen LogP contribution is -2.46. The highest BCUT2D eigenvalue weighted by Gasteiger charge is 2.55. The molecule has 5 heteroatoms. The molecule has 0 bridgehead atoms. The summed E-state index contributed by atoms with van der Waals surface area (Å²) in [7, 11) is 0. The molecule has 0 spiro atoms. The summed E-state index contributed by atoms with van der Waals surface area (Å²) in [6.45, 7) is 5.67. The van der Waals surface area contributed by atoms with E-state index in [1.807, 2.05) is 0 Å². The highest BCUT2D eigenvalue weighted by molar-refractivity contribution is 5.17. The zero-order valence-corrected chi connectivity index (χ0v) is 10.3. The minimum absolute atomic E-state index is 0.0331. The standard InChI is InChI=1S/C12H20F2N2O/c1-8(2)11-7-17-6-9(5-16(11)15)3-10-4-12(10,13)14/h3,8,10-11H,4-7,15H2,1-2H3/b9-3-. The SMILES string of the molecule is CC(C)C1COC/C(=C\C2CC2(F)F)CN1N. The Morgan fingerprint density at radius 1 is 1.53 bits per heavy atom. The van der Waals surface area contributed by atoms with Gasteiger partial charge >= 0.3 is 0 Å². The molecule has 2 unspecified atom stereocenters. The molecule has 0 aromatic rings. The molecule has 2 fully saturated rings. The van der Waals surface area contributed by atoms with Gasteiger partial charge in [-0.1, -0.05) is 19.9 Å². The maximum atomic E-state index is 12.8. The molecule has 2 atom stereocenters. The van der Waals surface area contributed by atoms with E-state index in [4.69, 9.17) is 10.6 Å². The van der Waals surface area contributed by atoms with Crippen LogP contribution in [0.3, 0.4) is 0 Å². The quantitative estimate of drug-likeness (QED) is 0.596. The summed E-state index contributed by atoms with van der Waals surface area (Å²) < 4.78 is 31.2. The first kappa shape index (κ1) is 12.9. The zero-order chi connectivity index (χ0) is 12.6. The number of hydrogen-bond donors (Lipinski definition) is 1. The Morgan fingerprint density at radius 2 is 2.18 bits per heavy atom. The Bertz CT molecular complexity index is 318. The molecule has 1 saturated carbocycles. The maximum absolute atomic E-state index is 12.8. The number of alkyl halides is 2. The molecule has 98 valence electrons. The molecule has 1 saturated heterocycles. The summed E-state index contributed by atoms with van der Waals surface area (Å²) in [4.78, 5) is 0. The fourth-order valence-electron chi connectivity index (χ4n) is 2.18. The van der Waals surface area contributed by atoms with Gasteiger partial charge in [0.15, 0.2) is 0 Å². The summed E-state index contributed by atoms with van der Waals surface area (Å²) in [5, 5.41) is 1.71. The molecule has 0 radical (unpaired) electrons. The molecule has 0 amide bonds. The summed E-state index contributed by atoms with van der Waals surface area (Å²) >= 11 is 0. The molecule has 3 nitrogen and oxygen atoms in total. The lowest BCUT2D eigenvalue weighted by Gasteiger charge is -2.27. The maximum Gasteiger partial charge on any atom is 0.255 e. The first-order valence-electron chi connectivity index (χ1n) is 6.06. The molecule has 2 aliphatic rings. The molecule has 17 heavy (non-hydrogen) atoms. The summed E-state index contributed by atoms with van der Waals surface area (Å²) in [6.07, 6.45) is 1.61. The van der Waals surface area contributed by atoms with Crippen LogP contribution in [0.2, 0.25) is 0 Å². The van der Waals surface area contributed by atoms with E-state index in [2.05, 4.69) is 13.8 Å². The first-order chi connectivity index (χ1) is 7.90. The van der Waals surface area contributed by atoms with Gasteiger partial charge in [0, 0.05) is 18.9 Å². The van der Waals surface area contributed by atoms with Gasteiger partial charge < -0.3 is 4.74 Å². The van der Waals surface area contributed by atoms with Crippen LogP contribution in [-0.2, 0) is 4.74 Å². The van der Waals surface area contributed by atoms with Crippen molar-refractivity contribution in [3.63, 3.8) is 0 Å². The predicted octanol–water partition coefficient (Wildman–Crippen LogP) is 1.80. The number of allylic oxidation sites excluding steroid dienone is 1. The van der Waals surface area contributed by atoms with Crippen molar-refractivity contribution in [2.24, 2.45) is 17.7 Å². The third-order valence-corrected chi connectivity index (χ3v) is 3.47. The van der Waals surface area contributed by atoms with Crippen LogP contribution in [0.4, 0.5) is 8.78 Å². The van der Waals surface area contributed by atoms with Crippen molar-refractivity contribution in [2.75, 3.05) is 19.8 Å². The van der Waals surface area contributed by atoms with Gasteiger partial charge in [0.05, 0.1) is 19.3 Å². The lowest BCUT2D eigenvalue weighted by molar-refractivity contribution is 0.0790. The van der Waals surface area contributed by atoms with E-state index in [9.17, 15) is 8.78 Å². The average Bonchev–Trinajstić information content (AvgIpc) is 2.84. The average molecular weight is 246 g/mol. The fourth-order valence-corrected chi connectivity index (χ4v) is 2.18. The highest BCUT2D eigenvalue weighted by atomic mass is 19.3. The van der Waals surface area contributed by atoms with Crippen LogP contribution in [0.1, 0.15) is 20.3 Å². The van der Waals surface area contributed by atoms with Crippen molar-refractivity contribution in [2.45, 2.75) is 32.2 Å². The van der Waals surface area contributed by atoms with Crippen LogP contribution in [0.15, 0.2) is 11.6 Å². The number of nitrogens with zero attached hydrogens (tertiary/aromatic N) is 1. The molecule has 0 aromatic heterocycles. The second-order valence-electron chi connectivity index (χ2n) is 5.40. The summed E-state index contributed by atoms with van der Waals surface area (Å²) in [6, 6.07) is 0.153. The van der Waals surface area contributed by atoms with Crippen LogP contribution >= 0.6 is 0 Å². The predicted molar refractivity (Wildman–Crippen MR) is 61.5 cm³/mol. The molecule has 1 aliphatic heterocycles. The number of halogens is 2. The van der Waals surface area contributed by atoms with E-state index in [1.165, 1.54) is 0 Å². The second-order valence-corrected chi connectivity index (χ2v) is 5.40. The minimum Gasteiger partial charge on any atom is -0.375 e. The van der Waals surface area contributed by atoms with E-state index in [-0.39, 0.29) is 12.5 Å². The van der Waals surface area contributed by atoms with Gasteiger partial charge in [0.2, 0.25) is 0 Å². The van der Waals surface area contributed by atoms with Gasteiger partial charge in [-0.3, -0.25) is 5.84 Å². The van der Waals surface area contributed by atoms with Crippen molar-refractivity contribution >= 4 is 0 Å². The van der Waals surface area contributed by atoms with Gasteiger partial charge in [-0.25, -0.2) is 13.8 Å². The second kappa shape index (κ2) is 4.63. The van der Waals surface area contributed by atoms with Crippen molar-refractivity contribution in [1.82, 2.24) is 5.01 Å². The molecule has 1 heterocycles. The number of rotatable bonds is 2. The van der Waals surface area contributed by atoms with Gasteiger partial charge in [-0.15, -0.1) is 0 Å². The van der Waals surface area contributed by atoms with E-state index in [1.54, 1.807) is 11.1 Å². The smallest absolute Gasteiger partial charge is 0.255 e. The monoisotopic (exact) mass is 246 g/mol. The Morgan fingerprint density at radius 3 is 2.71 bits per heavy atom. The van der Waals surface area contributed by atoms with Crippen LogP contribution in [-0.4, -0.2) is 36.7 Å². The lowest BCUT2D eigenvalue weighted by atomic mass is 10.0. The molecular weight excluding hydrogens is 226 g/mol. The zero-order valence-electron chi connectivity index (χ0n) is 10.3. The minimum atomic E-state index is -2.50. The summed E-state index contributed by atoms with van der Waals surface area (Å²) in [5.74, 6) is 3.24. The molecule has 2 rings (SSSR count). The van der Waals surface area contributed by atoms with Crippen molar-refractivity contribution in [3.8, 4) is 0 Å². The van der Waals surface area contributed by atoms with Crippen LogP contribution < -0.4 is 5.84 Å². The molecule has 1 aliphatic carbocycles. The van der Waals surface area contributed by atoms with Gasteiger partial charge in [0.1, 0.15) is 0 Å². The van der Waals surface area contributed by atoms with Gasteiger partial charge in [-0.2, -0.15) is 0 Å². The highest BCUT2D eigenvalue weighted by Crippen LogP contribution is 2.49. The number of nitrogens with two attached hydrogens (primary N) is 1. The number of hydrogen-bond acceptors (Lipinski definition) is 3. The van der Waals surface area contributed by atoms with E-state index in [0.29, 0.717) is 25.7 Å². The van der Waals surface area contributed by atoms with Crippen molar-refractivity contribution in [3.05, 3.63) is 11.6 Å². The van der Waals surface area contributed by atoms with E-state index >= 15 is 0 Å². The van der Waals surface area contributed by atoms with Crippen LogP contribution in [0.5, 0.6) is 0 Å². The van der Waals surface area contributed by atoms with Crippen LogP contribution in [0.25, 0.3) is 0 Å². The van der Waals surface area contributed by atoms with Gasteiger partial charge in [-0.05, 0) is 11.5 Å². The van der Waals surface area contributed by atoms with E-state index < -0.39 is 11.8 Å². The topological polar surface area (TPSA) is 38.5 Å². The molecule has 0 aromatic carbocycles. The normalized spacial score (nSPS) is 36.2. The number of ether oxygens (including phenoxy) is 1. The van der Waals surface area contributed by atoms with Gasteiger partial charge in [0.25, 0.3) is 5.92 Å². The fraction of sp³-hybridized carbons (Fsp3) is 0.833. The van der Waals surface area contributed by atoms with Crippen molar-refractivity contribution < 1.29 is 13.5 Å².